The highest BCUT2D eigenvalue weighted by Crippen LogP contribution is 2.18. The van der Waals surface area contributed by atoms with Gasteiger partial charge in [0.15, 0.2) is 0 Å². The first-order valence-corrected chi connectivity index (χ1v) is 8.42. The number of rotatable bonds is 9. The quantitative estimate of drug-likeness (QED) is 0.678. The third kappa shape index (κ3) is 7.46. The summed E-state index contributed by atoms with van der Waals surface area (Å²) in [7, 11) is 0. The van der Waals surface area contributed by atoms with E-state index in [4.69, 9.17) is 0 Å². The molecule has 5 heteroatoms. The number of carbonyl (C=O) groups excluding carboxylic acids is 2. The number of carbonyl (C=O) groups is 2. The van der Waals surface area contributed by atoms with Crippen LogP contribution in [0.1, 0.15) is 52.4 Å². The second-order valence-corrected chi connectivity index (χ2v) is 5.90. The second-order valence-electron chi connectivity index (χ2n) is 5.90. The number of hydrogen-bond donors (Lipinski definition) is 2. The van der Waals surface area contributed by atoms with Crippen LogP contribution in [-0.4, -0.2) is 49.4 Å². The predicted octanol–water partition coefficient (Wildman–Crippen LogP) is 1.53. The molecule has 0 bridgehead atoms. The molecule has 0 aliphatic carbocycles. The molecule has 2 amide bonds. The number of nitrogens with zero attached hydrogens (tertiary/aromatic N) is 1. The van der Waals surface area contributed by atoms with Gasteiger partial charge in [-0.05, 0) is 51.1 Å². The molecular formula is C16H31N3O2. The van der Waals surface area contributed by atoms with Crippen molar-refractivity contribution >= 4 is 11.8 Å². The summed E-state index contributed by atoms with van der Waals surface area (Å²) in [5, 5.41) is 6.18. The molecule has 122 valence electrons. The van der Waals surface area contributed by atoms with Crippen LogP contribution in [0.15, 0.2) is 0 Å². The molecule has 0 aromatic carbocycles. The van der Waals surface area contributed by atoms with E-state index in [0.717, 1.165) is 45.2 Å². The maximum Gasteiger partial charge on any atom is 0.239 e. The summed E-state index contributed by atoms with van der Waals surface area (Å²) in [6.45, 7) is 7.75. The van der Waals surface area contributed by atoms with Gasteiger partial charge in [0.2, 0.25) is 11.8 Å². The van der Waals surface area contributed by atoms with Gasteiger partial charge < -0.3 is 15.5 Å². The molecule has 1 aliphatic rings. The van der Waals surface area contributed by atoms with Crippen molar-refractivity contribution in [3.05, 3.63) is 0 Å². The van der Waals surface area contributed by atoms with Gasteiger partial charge in [-0.3, -0.25) is 9.59 Å². The topological polar surface area (TPSA) is 61.4 Å². The van der Waals surface area contributed by atoms with Crippen molar-refractivity contribution < 1.29 is 9.59 Å². The lowest BCUT2D eigenvalue weighted by molar-refractivity contribution is -0.136. The van der Waals surface area contributed by atoms with E-state index >= 15 is 0 Å². The van der Waals surface area contributed by atoms with Crippen LogP contribution in [0.4, 0.5) is 0 Å². The average molecular weight is 297 g/mol. The van der Waals surface area contributed by atoms with Crippen LogP contribution in [-0.2, 0) is 9.59 Å². The van der Waals surface area contributed by atoms with E-state index in [1.165, 1.54) is 0 Å². The molecule has 0 saturated carbocycles. The molecule has 21 heavy (non-hydrogen) atoms. The molecule has 1 saturated heterocycles. The summed E-state index contributed by atoms with van der Waals surface area (Å²) in [5.41, 5.74) is 0. The normalized spacial score (nSPS) is 15.7. The van der Waals surface area contributed by atoms with Gasteiger partial charge in [-0.2, -0.15) is 0 Å². The summed E-state index contributed by atoms with van der Waals surface area (Å²) >= 11 is 0. The highest BCUT2D eigenvalue weighted by Gasteiger charge is 2.19. The Morgan fingerprint density at radius 2 is 1.90 bits per heavy atom. The average Bonchev–Trinajstić information content (AvgIpc) is 2.51. The monoisotopic (exact) mass is 297 g/mol. The fraction of sp³-hybridized carbons (Fsp3) is 0.875. The van der Waals surface area contributed by atoms with Crippen LogP contribution in [0.2, 0.25) is 0 Å². The van der Waals surface area contributed by atoms with Crippen molar-refractivity contribution in [3.8, 4) is 0 Å². The van der Waals surface area contributed by atoms with Crippen LogP contribution < -0.4 is 10.6 Å². The fourth-order valence-electron chi connectivity index (χ4n) is 2.71. The molecule has 1 rings (SSSR count). The standard InChI is InChI=1S/C16H31N3O2/c1-3-9-18-15(20)13-19(12-4-2)16(21)6-5-14-7-10-17-11-8-14/h14,17H,3-13H2,1-2H3,(H,18,20). The maximum atomic E-state index is 12.3. The van der Waals surface area contributed by atoms with Gasteiger partial charge in [-0.15, -0.1) is 0 Å². The van der Waals surface area contributed by atoms with E-state index in [-0.39, 0.29) is 18.4 Å². The molecular weight excluding hydrogens is 266 g/mol. The minimum absolute atomic E-state index is 0.0412. The van der Waals surface area contributed by atoms with E-state index in [0.29, 0.717) is 25.4 Å². The summed E-state index contributed by atoms with van der Waals surface area (Å²) in [6.07, 6.45) is 5.67. The van der Waals surface area contributed by atoms with Gasteiger partial charge in [-0.25, -0.2) is 0 Å². The van der Waals surface area contributed by atoms with Crippen molar-refractivity contribution in [3.63, 3.8) is 0 Å². The molecule has 0 unspecified atom stereocenters. The van der Waals surface area contributed by atoms with Gasteiger partial charge in [-0.1, -0.05) is 13.8 Å². The molecule has 0 aromatic heterocycles. The lowest BCUT2D eigenvalue weighted by Gasteiger charge is -2.25. The Labute approximate surface area is 128 Å². The largest absolute Gasteiger partial charge is 0.355 e. The lowest BCUT2D eigenvalue weighted by Crippen LogP contribution is -2.41. The van der Waals surface area contributed by atoms with E-state index in [2.05, 4.69) is 10.6 Å². The van der Waals surface area contributed by atoms with Gasteiger partial charge in [0.25, 0.3) is 0 Å². The molecule has 5 nitrogen and oxygen atoms in total. The zero-order valence-electron chi connectivity index (χ0n) is 13.6. The zero-order valence-corrected chi connectivity index (χ0v) is 13.6. The predicted molar refractivity (Wildman–Crippen MR) is 85.0 cm³/mol. The first-order valence-electron chi connectivity index (χ1n) is 8.42. The summed E-state index contributed by atoms with van der Waals surface area (Å²) < 4.78 is 0. The second kappa shape index (κ2) is 10.6. The first kappa shape index (κ1) is 18.0. The number of amides is 2. The van der Waals surface area contributed by atoms with E-state index in [1.807, 2.05) is 13.8 Å². The smallest absolute Gasteiger partial charge is 0.239 e. The van der Waals surface area contributed by atoms with Crippen molar-refractivity contribution in [2.24, 2.45) is 5.92 Å². The van der Waals surface area contributed by atoms with Crippen LogP contribution in [0.5, 0.6) is 0 Å². The Morgan fingerprint density at radius 3 is 2.52 bits per heavy atom. The molecule has 1 fully saturated rings. The molecule has 1 aliphatic heterocycles. The molecule has 2 N–H and O–H groups in total. The minimum Gasteiger partial charge on any atom is -0.355 e. The SMILES string of the molecule is CCCNC(=O)CN(CCC)C(=O)CCC1CCNCC1. The third-order valence-corrected chi connectivity index (χ3v) is 3.98. The van der Waals surface area contributed by atoms with E-state index in [9.17, 15) is 9.59 Å². The van der Waals surface area contributed by atoms with Crippen LogP contribution >= 0.6 is 0 Å². The Kier molecular flexibility index (Phi) is 9.06. The Bertz CT molecular complexity index is 315. The van der Waals surface area contributed by atoms with Crippen molar-refractivity contribution in [2.45, 2.75) is 52.4 Å². The molecule has 0 aromatic rings. The van der Waals surface area contributed by atoms with Crippen LogP contribution in [0.3, 0.4) is 0 Å². The van der Waals surface area contributed by atoms with Gasteiger partial charge in [0, 0.05) is 19.5 Å². The Balaban J connectivity index is 2.35. The Hall–Kier alpha value is -1.10. The summed E-state index contributed by atoms with van der Waals surface area (Å²) in [4.78, 5) is 25.8. The van der Waals surface area contributed by atoms with Gasteiger partial charge in [0.1, 0.15) is 0 Å². The fourth-order valence-corrected chi connectivity index (χ4v) is 2.71. The molecule has 0 radical (unpaired) electrons. The van der Waals surface area contributed by atoms with E-state index in [1.54, 1.807) is 4.90 Å². The third-order valence-electron chi connectivity index (χ3n) is 3.98. The van der Waals surface area contributed by atoms with Crippen molar-refractivity contribution in [1.29, 1.82) is 0 Å². The summed E-state index contributed by atoms with van der Waals surface area (Å²) in [6, 6.07) is 0. The van der Waals surface area contributed by atoms with Gasteiger partial charge >= 0.3 is 0 Å². The first-order chi connectivity index (χ1) is 10.2. The minimum atomic E-state index is -0.0412. The lowest BCUT2D eigenvalue weighted by atomic mass is 9.93. The van der Waals surface area contributed by atoms with Crippen molar-refractivity contribution in [2.75, 3.05) is 32.7 Å². The number of piperidine rings is 1. The van der Waals surface area contributed by atoms with E-state index < -0.39 is 0 Å². The zero-order chi connectivity index (χ0) is 15.5. The van der Waals surface area contributed by atoms with Crippen LogP contribution in [0.25, 0.3) is 0 Å². The molecule has 1 heterocycles. The highest BCUT2D eigenvalue weighted by molar-refractivity contribution is 5.84. The highest BCUT2D eigenvalue weighted by atomic mass is 16.2. The number of hydrogen-bond acceptors (Lipinski definition) is 3. The van der Waals surface area contributed by atoms with Crippen LogP contribution in [0, 0.1) is 5.92 Å². The molecule has 0 atom stereocenters. The maximum absolute atomic E-state index is 12.3. The van der Waals surface area contributed by atoms with Crippen molar-refractivity contribution in [1.82, 2.24) is 15.5 Å². The molecule has 0 spiro atoms. The summed E-state index contributed by atoms with van der Waals surface area (Å²) in [5.74, 6) is 0.746. The number of nitrogens with one attached hydrogen (secondary N) is 2. The Morgan fingerprint density at radius 1 is 1.19 bits per heavy atom. The van der Waals surface area contributed by atoms with Gasteiger partial charge in [0.05, 0.1) is 6.54 Å².